The van der Waals surface area contributed by atoms with E-state index >= 15 is 0 Å². The van der Waals surface area contributed by atoms with Crippen molar-refractivity contribution >= 4 is 13.6 Å². The van der Waals surface area contributed by atoms with Gasteiger partial charge in [0.2, 0.25) is 0 Å². The molecule has 0 aromatic heterocycles. The van der Waals surface area contributed by atoms with E-state index in [1.807, 2.05) is 12.1 Å². The van der Waals surface area contributed by atoms with Crippen LogP contribution in [0.15, 0.2) is 42.5 Å². The summed E-state index contributed by atoms with van der Waals surface area (Å²) in [6, 6.07) is 14.1. The van der Waals surface area contributed by atoms with Crippen LogP contribution >= 0.6 is 0 Å². The fourth-order valence-corrected chi connectivity index (χ4v) is 4.55. The van der Waals surface area contributed by atoms with Crippen molar-refractivity contribution < 1.29 is 9.47 Å². The molecule has 0 spiro atoms. The van der Waals surface area contributed by atoms with E-state index < -0.39 is 8.07 Å². The Morgan fingerprint density at radius 3 is 2.29 bits per heavy atom. The average molecular weight is 395 g/mol. The molecule has 0 amide bonds. The molecule has 0 atom stereocenters. The van der Waals surface area contributed by atoms with Gasteiger partial charge in [0.15, 0.2) is 0 Å². The maximum Gasteiger partial charge on any atom is 0.118 e. The van der Waals surface area contributed by atoms with Gasteiger partial charge in [0.05, 0.1) is 13.7 Å². The molecule has 2 nitrogen and oxygen atoms in total. The molecular weight excluding hydrogens is 360 g/mol. The van der Waals surface area contributed by atoms with Gasteiger partial charge in [-0.2, -0.15) is 0 Å². The second kappa shape index (κ2) is 9.10. The largest absolute Gasteiger partial charge is 0.497 e. The van der Waals surface area contributed by atoms with Gasteiger partial charge in [0.25, 0.3) is 0 Å². The summed E-state index contributed by atoms with van der Waals surface area (Å²) in [5.74, 6) is 0.893. The van der Waals surface area contributed by atoms with E-state index in [9.17, 15) is 0 Å². The predicted molar refractivity (Wildman–Crippen MR) is 123 cm³/mol. The number of ether oxygens (including phenoxy) is 2. The van der Waals surface area contributed by atoms with Gasteiger partial charge >= 0.3 is 0 Å². The summed E-state index contributed by atoms with van der Waals surface area (Å²) in [7, 11) is 0.640. The van der Waals surface area contributed by atoms with Crippen molar-refractivity contribution in [3.8, 4) is 16.9 Å². The number of hydrogen-bond acceptors (Lipinski definition) is 2. The van der Waals surface area contributed by atoms with Gasteiger partial charge in [0.1, 0.15) is 5.75 Å². The summed E-state index contributed by atoms with van der Waals surface area (Å²) >= 11 is 0. The zero-order chi connectivity index (χ0) is 20.1. The standard InChI is InChI=1S/C25H34O2Si/c1-19-23(21-10-12-22(26-2)13-11-21)14-15-24(20-8-6-7-9-20)25(19)18-27-16-17-28(3,4)5/h8,10-15H,6-7,9,16-18H2,1-5H3. The van der Waals surface area contributed by atoms with Gasteiger partial charge in [-0.3, -0.25) is 0 Å². The zero-order valence-corrected chi connectivity index (χ0v) is 19.1. The van der Waals surface area contributed by atoms with Crippen molar-refractivity contribution in [2.45, 2.75) is 58.5 Å². The summed E-state index contributed by atoms with van der Waals surface area (Å²) < 4.78 is 11.5. The first kappa shape index (κ1) is 20.9. The predicted octanol–water partition coefficient (Wildman–Crippen LogP) is 7.09. The quantitative estimate of drug-likeness (QED) is 0.351. The lowest BCUT2D eigenvalue weighted by molar-refractivity contribution is 0.132. The minimum atomic E-state index is -1.07. The maximum absolute atomic E-state index is 6.19. The summed E-state index contributed by atoms with van der Waals surface area (Å²) in [6.45, 7) is 11.0. The van der Waals surface area contributed by atoms with Gasteiger partial charge in [0, 0.05) is 14.7 Å². The number of rotatable bonds is 8. The fraction of sp³-hybridized carbons (Fsp3) is 0.440. The van der Waals surface area contributed by atoms with Gasteiger partial charge in [-0.15, -0.1) is 0 Å². The van der Waals surface area contributed by atoms with Crippen LogP contribution in [0.25, 0.3) is 16.7 Å². The number of hydrogen-bond donors (Lipinski definition) is 0. The summed E-state index contributed by atoms with van der Waals surface area (Å²) in [5.41, 5.74) is 8.09. The van der Waals surface area contributed by atoms with Crippen LogP contribution < -0.4 is 4.74 Å². The maximum atomic E-state index is 6.19. The topological polar surface area (TPSA) is 18.5 Å². The molecule has 0 saturated carbocycles. The van der Waals surface area contributed by atoms with Crippen LogP contribution in [0, 0.1) is 6.92 Å². The molecule has 0 saturated heterocycles. The van der Waals surface area contributed by atoms with Crippen molar-refractivity contribution in [2.75, 3.05) is 13.7 Å². The lowest BCUT2D eigenvalue weighted by Gasteiger charge is -2.20. The van der Waals surface area contributed by atoms with E-state index in [-0.39, 0.29) is 0 Å². The molecule has 0 bridgehead atoms. The SMILES string of the molecule is COc1ccc(-c2ccc(C3=CCCC3)c(COCC[Si](C)(C)C)c2C)cc1. The third-order valence-electron chi connectivity index (χ3n) is 5.63. The Morgan fingerprint density at radius 1 is 0.964 bits per heavy atom. The van der Waals surface area contributed by atoms with Crippen LogP contribution in [0.1, 0.15) is 36.0 Å². The minimum Gasteiger partial charge on any atom is -0.497 e. The molecule has 0 aliphatic heterocycles. The summed E-state index contributed by atoms with van der Waals surface area (Å²) in [5, 5.41) is 0. The highest BCUT2D eigenvalue weighted by Gasteiger charge is 2.17. The van der Waals surface area contributed by atoms with Gasteiger partial charge < -0.3 is 9.47 Å². The first-order chi connectivity index (χ1) is 13.4. The molecule has 150 valence electrons. The van der Waals surface area contributed by atoms with Crippen LogP contribution in [-0.2, 0) is 11.3 Å². The lowest BCUT2D eigenvalue weighted by Crippen LogP contribution is -2.21. The van der Waals surface area contributed by atoms with E-state index in [0.29, 0.717) is 6.61 Å². The Labute approximate surface area is 171 Å². The molecule has 2 aromatic rings. The van der Waals surface area contributed by atoms with Crippen molar-refractivity contribution in [2.24, 2.45) is 0 Å². The molecule has 1 aliphatic carbocycles. The summed E-state index contributed by atoms with van der Waals surface area (Å²) in [4.78, 5) is 0. The third kappa shape index (κ3) is 5.15. The molecule has 2 aromatic carbocycles. The normalized spacial score (nSPS) is 14.2. The van der Waals surface area contributed by atoms with Crippen molar-refractivity contribution in [1.82, 2.24) is 0 Å². The van der Waals surface area contributed by atoms with Crippen molar-refractivity contribution in [3.63, 3.8) is 0 Å². The first-order valence-corrected chi connectivity index (χ1v) is 14.1. The summed E-state index contributed by atoms with van der Waals surface area (Å²) in [6.07, 6.45) is 6.06. The molecule has 0 heterocycles. The first-order valence-electron chi connectivity index (χ1n) is 10.4. The molecule has 1 aliphatic rings. The Bertz CT molecular complexity index is 829. The van der Waals surface area contributed by atoms with Crippen LogP contribution in [0.3, 0.4) is 0 Å². The lowest BCUT2D eigenvalue weighted by atomic mass is 9.90. The smallest absolute Gasteiger partial charge is 0.118 e. The van der Waals surface area contributed by atoms with Crippen molar-refractivity contribution in [1.29, 1.82) is 0 Å². The van der Waals surface area contributed by atoms with E-state index in [1.165, 1.54) is 58.7 Å². The van der Waals surface area contributed by atoms with Gasteiger partial charge in [-0.25, -0.2) is 0 Å². The highest BCUT2D eigenvalue weighted by atomic mass is 28.3. The molecule has 28 heavy (non-hydrogen) atoms. The minimum absolute atomic E-state index is 0.701. The van der Waals surface area contributed by atoms with Gasteiger partial charge in [-0.1, -0.05) is 50.0 Å². The van der Waals surface area contributed by atoms with Crippen molar-refractivity contribution in [3.05, 3.63) is 59.2 Å². The van der Waals surface area contributed by atoms with E-state index in [1.54, 1.807) is 7.11 Å². The molecule has 3 rings (SSSR count). The number of benzene rings is 2. The zero-order valence-electron chi connectivity index (χ0n) is 18.1. The van der Waals surface area contributed by atoms with E-state index in [4.69, 9.17) is 9.47 Å². The van der Waals surface area contributed by atoms with Crippen LogP contribution in [0.2, 0.25) is 25.7 Å². The van der Waals surface area contributed by atoms with Crippen LogP contribution in [-0.4, -0.2) is 21.8 Å². The molecule has 0 radical (unpaired) electrons. The van der Waals surface area contributed by atoms with Crippen LogP contribution in [0.4, 0.5) is 0 Å². The Kier molecular flexibility index (Phi) is 6.79. The van der Waals surface area contributed by atoms with E-state index in [0.717, 1.165) is 12.4 Å². The Hall–Kier alpha value is -1.84. The third-order valence-corrected chi connectivity index (χ3v) is 7.33. The monoisotopic (exact) mass is 394 g/mol. The van der Waals surface area contributed by atoms with Gasteiger partial charge in [-0.05, 0) is 77.8 Å². The Morgan fingerprint density at radius 2 is 1.68 bits per heavy atom. The highest BCUT2D eigenvalue weighted by Crippen LogP contribution is 2.36. The van der Waals surface area contributed by atoms with E-state index in [2.05, 4.69) is 56.9 Å². The average Bonchev–Trinajstić information content (AvgIpc) is 3.20. The fourth-order valence-electron chi connectivity index (χ4n) is 3.80. The van der Waals surface area contributed by atoms with Crippen LogP contribution in [0.5, 0.6) is 5.75 Å². The Balaban J connectivity index is 1.90. The number of allylic oxidation sites excluding steroid dienone is 2. The molecule has 0 fully saturated rings. The second-order valence-electron chi connectivity index (χ2n) is 8.98. The molecule has 0 N–H and O–H groups in total. The highest BCUT2D eigenvalue weighted by molar-refractivity contribution is 6.76. The molecular formula is C25H34O2Si. The second-order valence-corrected chi connectivity index (χ2v) is 14.6. The number of methoxy groups -OCH3 is 1. The molecule has 3 heteroatoms. The molecule has 0 unspecified atom stereocenters.